The van der Waals surface area contributed by atoms with E-state index in [9.17, 15) is 4.79 Å². The second-order valence-electron chi connectivity index (χ2n) is 5.94. The number of nitrogens with one attached hydrogen (secondary N) is 1. The number of rotatable bonds is 5. The van der Waals surface area contributed by atoms with E-state index < -0.39 is 0 Å². The average Bonchev–Trinajstić information content (AvgIpc) is 3.24. The first-order chi connectivity index (χ1) is 13.1. The van der Waals surface area contributed by atoms with Gasteiger partial charge in [0.2, 0.25) is 5.91 Å². The number of thiazole rings is 1. The summed E-state index contributed by atoms with van der Waals surface area (Å²) in [7, 11) is 1.58. The van der Waals surface area contributed by atoms with Crippen molar-refractivity contribution in [2.45, 2.75) is 6.42 Å². The molecule has 0 aliphatic rings. The fraction of sp³-hybridized carbons (Fsp3) is 0.100. The lowest BCUT2D eigenvalue weighted by Crippen LogP contribution is -2.15. The van der Waals surface area contributed by atoms with Crippen molar-refractivity contribution in [3.8, 4) is 17.0 Å². The third-order valence-corrected chi connectivity index (χ3v) is 5.25. The van der Waals surface area contributed by atoms with Gasteiger partial charge in [0, 0.05) is 27.9 Å². The van der Waals surface area contributed by atoms with Gasteiger partial charge in [0.05, 0.1) is 24.9 Å². The van der Waals surface area contributed by atoms with Gasteiger partial charge < -0.3 is 10.1 Å². The molecule has 5 nitrogen and oxygen atoms in total. The molecule has 0 bridgehead atoms. The first-order valence-corrected chi connectivity index (χ1v) is 9.54. The van der Waals surface area contributed by atoms with E-state index in [1.165, 1.54) is 11.3 Å². The van der Waals surface area contributed by atoms with E-state index in [0.717, 1.165) is 21.9 Å². The van der Waals surface area contributed by atoms with Crippen molar-refractivity contribution in [3.05, 3.63) is 70.8 Å². The number of carbonyl (C=O) groups excluding carboxylic acids is 1. The van der Waals surface area contributed by atoms with Crippen molar-refractivity contribution in [2.24, 2.45) is 0 Å². The van der Waals surface area contributed by atoms with Crippen LogP contribution in [0.15, 0.2) is 60.1 Å². The summed E-state index contributed by atoms with van der Waals surface area (Å²) in [5.74, 6) is 0.518. The van der Waals surface area contributed by atoms with Crippen LogP contribution in [-0.2, 0) is 11.2 Å². The minimum Gasteiger partial charge on any atom is -0.495 e. The standard InChI is InChI=1S/C20H16ClN3O2S/c1-26-18-8-3-2-7-16(18)22-19(25)10-15-12-27-20-23-17(11-24(15)20)13-5-4-6-14(21)9-13/h2-9,11-12H,10H2,1H3,(H,22,25). The summed E-state index contributed by atoms with van der Waals surface area (Å²) in [5.41, 5.74) is 3.31. The number of amides is 1. The lowest BCUT2D eigenvalue weighted by Gasteiger charge is -2.09. The Hall–Kier alpha value is -2.83. The zero-order valence-corrected chi connectivity index (χ0v) is 16.1. The maximum absolute atomic E-state index is 12.5. The lowest BCUT2D eigenvalue weighted by molar-refractivity contribution is -0.115. The van der Waals surface area contributed by atoms with Crippen LogP contribution in [0.3, 0.4) is 0 Å². The van der Waals surface area contributed by atoms with E-state index in [4.69, 9.17) is 16.3 Å². The number of anilines is 1. The van der Waals surface area contributed by atoms with Gasteiger partial charge in [-0.15, -0.1) is 11.3 Å². The number of methoxy groups -OCH3 is 1. The highest BCUT2D eigenvalue weighted by molar-refractivity contribution is 7.15. The molecule has 27 heavy (non-hydrogen) atoms. The van der Waals surface area contributed by atoms with Gasteiger partial charge in [-0.2, -0.15) is 0 Å². The first-order valence-electron chi connectivity index (χ1n) is 8.28. The highest BCUT2D eigenvalue weighted by Crippen LogP contribution is 2.27. The van der Waals surface area contributed by atoms with Crippen LogP contribution in [0.2, 0.25) is 5.02 Å². The highest BCUT2D eigenvalue weighted by Gasteiger charge is 2.14. The summed E-state index contributed by atoms with van der Waals surface area (Å²) in [5, 5.41) is 5.52. The zero-order valence-electron chi connectivity index (χ0n) is 14.5. The first kappa shape index (κ1) is 17.6. The Morgan fingerprint density at radius 3 is 2.93 bits per heavy atom. The third kappa shape index (κ3) is 3.67. The molecule has 2 heterocycles. The van der Waals surface area contributed by atoms with E-state index in [-0.39, 0.29) is 12.3 Å². The van der Waals surface area contributed by atoms with Crippen molar-refractivity contribution < 1.29 is 9.53 Å². The molecule has 0 aliphatic heterocycles. The maximum Gasteiger partial charge on any atom is 0.230 e. The molecular formula is C20H16ClN3O2S. The largest absolute Gasteiger partial charge is 0.495 e. The van der Waals surface area contributed by atoms with E-state index in [1.54, 1.807) is 7.11 Å². The fourth-order valence-electron chi connectivity index (χ4n) is 2.85. The fourth-order valence-corrected chi connectivity index (χ4v) is 3.91. The van der Waals surface area contributed by atoms with E-state index in [0.29, 0.717) is 16.5 Å². The van der Waals surface area contributed by atoms with Crippen LogP contribution in [-0.4, -0.2) is 22.4 Å². The van der Waals surface area contributed by atoms with Crippen LogP contribution in [0, 0.1) is 0 Å². The third-order valence-electron chi connectivity index (χ3n) is 4.13. The SMILES string of the molecule is COc1ccccc1NC(=O)Cc1csc2nc(-c3cccc(Cl)c3)cn12. The van der Waals surface area contributed by atoms with Gasteiger partial charge in [0.15, 0.2) is 4.96 Å². The minimum atomic E-state index is -0.114. The molecule has 0 saturated carbocycles. The van der Waals surface area contributed by atoms with Gasteiger partial charge in [0.1, 0.15) is 5.75 Å². The smallest absolute Gasteiger partial charge is 0.230 e. The van der Waals surface area contributed by atoms with Crippen molar-refractivity contribution in [2.75, 3.05) is 12.4 Å². The van der Waals surface area contributed by atoms with Crippen molar-refractivity contribution in [1.82, 2.24) is 9.38 Å². The summed E-state index contributed by atoms with van der Waals surface area (Å²) in [6.45, 7) is 0. The number of ether oxygens (including phenoxy) is 1. The Bertz CT molecular complexity index is 1120. The van der Waals surface area contributed by atoms with Gasteiger partial charge in [-0.3, -0.25) is 9.20 Å². The van der Waals surface area contributed by atoms with Crippen LogP contribution in [0.25, 0.3) is 16.2 Å². The molecule has 0 aliphatic carbocycles. The number of carbonyl (C=O) groups is 1. The van der Waals surface area contributed by atoms with Crippen LogP contribution < -0.4 is 10.1 Å². The van der Waals surface area contributed by atoms with Gasteiger partial charge in [0.25, 0.3) is 0 Å². The van der Waals surface area contributed by atoms with Crippen molar-refractivity contribution in [3.63, 3.8) is 0 Å². The van der Waals surface area contributed by atoms with Gasteiger partial charge >= 0.3 is 0 Å². The summed E-state index contributed by atoms with van der Waals surface area (Å²) >= 11 is 7.58. The number of aromatic nitrogens is 2. The number of hydrogen-bond donors (Lipinski definition) is 1. The Labute approximate surface area is 165 Å². The van der Waals surface area contributed by atoms with Crippen molar-refractivity contribution in [1.29, 1.82) is 0 Å². The number of fused-ring (bicyclic) bond motifs is 1. The maximum atomic E-state index is 12.5. The molecule has 2 aromatic carbocycles. The highest BCUT2D eigenvalue weighted by atomic mass is 35.5. The van der Waals surface area contributed by atoms with Gasteiger partial charge in [-0.05, 0) is 24.3 Å². The number of halogens is 1. The molecule has 1 amide bonds. The van der Waals surface area contributed by atoms with Crippen molar-refractivity contribution >= 4 is 39.5 Å². The Morgan fingerprint density at radius 1 is 1.26 bits per heavy atom. The number of nitrogens with zero attached hydrogens (tertiary/aromatic N) is 2. The summed E-state index contributed by atoms with van der Waals surface area (Å²) < 4.78 is 7.22. The number of para-hydroxylation sites is 2. The molecule has 7 heteroatoms. The lowest BCUT2D eigenvalue weighted by atomic mass is 10.2. The summed E-state index contributed by atoms with van der Waals surface area (Å²) in [6.07, 6.45) is 2.17. The predicted molar refractivity (Wildman–Crippen MR) is 109 cm³/mol. The van der Waals surface area contributed by atoms with E-state index in [1.807, 2.05) is 64.5 Å². The molecule has 0 radical (unpaired) electrons. The molecular weight excluding hydrogens is 382 g/mol. The Morgan fingerprint density at radius 2 is 2.11 bits per heavy atom. The molecule has 0 fully saturated rings. The van der Waals surface area contributed by atoms with E-state index in [2.05, 4.69) is 10.3 Å². The molecule has 2 aromatic heterocycles. The Balaban J connectivity index is 1.56. The van der Waals surface area contributed by atoms with Crippen LogP contribution >= 0.6 is 22.9 Å². The monoisotopic (exact) mass is 397 g/mol. The topological polar surface area (TPSA) is 55.6 Å². The number of imidazole rings is 1. The molecule has 4 aromatic rings. The summed E-state index contributed by atoms with van der Waals surface area (Å²) in [4.78, 5) is 18.0. The number of benzene rings is 2. The van der Waals surface area contributed by atoms with E-state index >= 15 is 0 Å². The molecule has 0 unspecified atom stereocenters. The minimum absolute atomic E-state index is 0.114. The molecule has 1 N–H and O–H groups in total. The molecule has 0 saturated heterocycles. The Kier molecular flexibility index (Phi) is 4.83. The second kappa shape index (κ2) is 7.42. The van der Waals surface area contributed by atoms with Gasteiger partial charge in [-0.25, -0.2) is 4.98 Å². The van der Waals surface area contributed by atoms with Gasteiger partial charge in [-0.1, -0.05) is 35.9 Å². The quantitative estimate of drug-likeness (QED) is 0.520. The molecule has 4 rings (SSSR count). The molecule has 0 atom stereocenters. The molecule has 0 spiro atoms. The zero-order chi connectivity index (χ0) is 18.8. The summed E-state index contributed by atoms with van der Waals surface area (Å²) in [6, 6.07) is 14.9. The van der Waals surface area contributed by atoms with Crippen LogP contribution in [0.4, 0.5) is 5.69 Å². The van der Waals surface area contributed by atoms with Crippen LogP contribution in [0.5, 0.6) is 5.75 Å². The number of hydrogen-bond acceptors (Lipinski definition) is 4. The predicted octanol–water partition coefficient (Wildman–Crippen LogP) is 4.91. The normalized spacial score (nSPS) is 10.9. The second-order valence-corrected chi connectivity index (χ2v) is 7.21. The average molecular weight is 398 g/mol. The molecule has 136 valence electrons. The van der Waals surface area contributed by atoms with Crippen LogP contribution in [0.1, 0.15) is 5.69 Å².